The Labute approximate surface area is 165 Å². The van der Waals surface area contributed by atoms with E-state index in [9.17, 15) is 14.7 Å². The van der Waals surface area contributed by atoms with Crippen molar-refractivity contribution in [3.63, 3.8) is 0 Å². The molecule has 3 rings (SSSR count). The molecular formula is C23H27NO4. The molecule has 0 saturated carbocycles. The van der Waals surface area contributed by atoms with Crippen LogP contribution in [0.1, 0.15) is 39.9 Å². The number of hydrogen-bond donors (Lipinski definition) is 1. The van der Waals surface area contributed by atoms with E-state index in [4.69, 9.17) is 4.74 Å². The van der Waals surface area contributed by atoms with Crippen molar-refractivity contribution in [3.05, 3.63) is 64.7 Å². The van der Waals surface area contributed by atoms with E-state index < -0.39 is 5.97 Å². The van der Waals surface area contributed by atoms with Gasteiger partial charge in [0.15, 0.2) is 0 Å². The second kappa shape index (κ2) is 8.91. The Hall–Kier alpha value is -2.82. The average Bonchev–Trinajstić information content (AvgIpc) is 2.70. The van der Waals surface area contributed by atoms with Gasteiger partial charge in [-0.05, 0) is 60.9 Å². The van der Waals surface area contributed by atoms with E-state index in [2.05, 4.69) is 0 Å². The molecule has 1 fully saturated rings. The van der Waals surface area contributed by atoms with Crippen LogP contribution in [0.25, 0.3) is 0 Å². The van der Waals surface area contributed by atoms with Crippen molar-refractivity contribution in [1.82, 2.24) is 4.90 Å². The van der Waals surface area contributed by atoms with Gasteiger partial charge in [-0.3, -0.25) is 4.79 Å². The van der Waals surface area contributed by atoms with E-state index >= 15 is 0 Å². The number of carbonyl (C=O) groups excluding carboxylic acids is 1. The molecule has 1 heterocycles. The number of benzene rings is 2. The summed E-state index contributed by atoms with van der Waals surface area (Å²) in [6.07, 6.45) is 2.93. The van der Waals surface area contributed by atoms with Crippen LogP contribution in [0.4, 0.5) is 0 Å². The van der Waals surface area contributed by atoms with E-state index in [-0.39, 0.29) is 5.91 Å². The van der Waals surface area contributed by atoms with Gasteiger partial charge in [-0.1, -0.05) is 30.3 Å². The van der Waals surface area contributed by atoms with E-state index in [1.807, 2.05) is 42.2 Å². The highest BCUT2D eigenvalue weighted by atomic mass is 16.5. The van der Waals surface area contributed by atoms with E-state index in [1.165, 1.54) is 0 Å². The van der Waals surface area contributed by atoms with Crippen molar-refractivity contribution in [1.29, 1.82) is 0 Å². The van der Waals surface area contributed by atoms with Crippen molar-refractivity contribution in [2.75, 3.05) is 20.2 Å². The van der Waals surface area contributed by atoms with Crippen LogP contribution in [0.3, 0.4) is 0 Å². The molecule has 1 amide bonds. The van der Waals surface area contributed by atoms with Crippen LogP contribution < -0.4 is 4.74 Å². The van der Waals surface area contributed by atoms with Crippen molar-refractivity contribution < 1.29 is 19.4 Å². The smallest absolute Gasteiger partial charge is 0.335 e. The highest BCUT2D eigenvalue weighted by Gasteiger charge is 2.24. The predicted molar refractivity (Wildman–Crippen MR) is 108 cm³/mol. The molecule has 5 nitrogen and oxygen atoms in total. The number of ether oxygens (including phenoxy) is 1. The lowest BCUT2D eigenvalue weighted by molar-refractivity contribution is -0.131. The number of aryl methyl sites for hydroxylation is 1. The maximum absolute atomic E-state index is 12.7. The summed E-state index contributed by atoms with van der Waals surface area (Å²) in [6.45, 7) is 3.43. The molecular weight excluding hydrogens is 354 g/mol. The zero-order valence-corrected chi connectivity index (χ0v) is 16.5. The third-order valence-corrected chi connectivity index (χ3v) is 5.55. The molecule has 0 spiro atoms. The summed E-state index contributed by atoms with van der Waals surface area (Å²) in [5, 5.41) is 9.34. The van der Waals surface area contributed by atoms with Gasteiger partial charge in [-0.25, -0.2) is 4.79 Å². The van der Waals surface area contributed by atoms with E-state index in [0.717, 1.165) is 54.8 Å². The lowest BCUT2D eigenvalue weighted by atomic mass is 9.88. The van der Waals surface area contributed by atoms with Gasteiger partial charge < -0.3 is 14.7 Å². The lowest BCUT2D eigenvalue weighted by Gasteiger charge is -2.32. The van der Waals surface area contributed by atoms with Gasteiger partial charge >= 0.3 is 5.97 Å². The molecule has 5 heteroatoms. The molecule has 1 saturated heterocycles. The van der Waals surface area contributed by atoms with Crippen molar-refractivity contribution in [2.45, 2.75) is 32.6 Å². The molecule has 0 unspecified atom stereocenters. The predicted octanol–water partition coefficient (Wildman–Crippen LogP) is 3.73. The Morgan fingerprint density at radius 1 is 1.14 bits per heavy atom. The number of carboxylic acids is 1. The Morgan fingerprint density at radius 2 is 1.86 bits per heavy atom. The normalized spacial score (nSPS) is 14.7. The van der Waals surface area contributed by atoms with Gasteiger partial charge in [0.25, 0.3) is 0 Å². The Kier molecular flexibility index (Phi) is 6.34. The number of carbonyl (C=O) groups is 2. The van der Waals surface area contributed by atoms with Crippen LogP contribution in [-0.2, 0) is 17.6 Å². The van der Waals surface area contributed by atoms with Crippen LogP contribution >= 0.6 is 0 Å². The van der Waals surface area contributed by atoms with Gasteiger partial charge in [0.1, 0.15) is 5.75 Å². The highest BCUT2D eigenvalue weighted by Crippen LogP contribution is 2.25. The van der Waals surface area contributed by atoms with Gasteiger partial charge in [0, 0.05) is 13.1 Å². The standard InChI is InChI=1S/C23H27NO4/c1-16-7-8-18(14-21(16)28-2)15-22(25)24-11-9-17(10-12-24)13-19-5-3-4-6-20(19)23(26)27/h3-8,14,17H,9-13,15H2,1-2H3,(H,26,27). The Morgan fingerprint density at radius 3 is 2.54 bits per heavy atom. The maximum atomic E-state index is 12.7. The largest absolute Gasteiger partial charge is 0.496 e. The molecule has 0 bridgehead atoms. The van der Waals surface area contributed by atoms with Crippen molar-refractivity contribution in [3.8, 4) is 5.75 Å². The molecule has 1 aliphatic heterocycles. The molecule has 0 aliphatic carbocycles. The second-order valence-electron chi connectivity index (χ2n) is 7.47. The molecule has 2 aromatic rings. The first-order chi connectivity index (χ1) is 13.5. The molecule has 1 N–H and O–H groups in total. The summed E-state index contributed by atoms with van der Waals surface area (Å²) >= 11 is 0. The van der Waals surface area contributed by atoms with E-state index in [1.54, 1.807) is 19.2 Å². The topological polar surface area (TPSA) is 66.8 Å². The molecule has 0 radical (unpaired) electrons. The molecule has 2 aromatic carbocycles. The van der Waals surface area contributed by atoms with Crippen LogP contribution in [-0.4, -0.2) is 42.1 Å². The summed E-state index contributed by atoms with van der Waals surface area (Å²) in [5.74, 6) is 0.470. The molecule has 148 valence electrons. The minimum atomic E-state index is -0.878. The first kappa shape index (κ1) is 19.9. The average molecular weight is 381 g/mol. The number of hydrogen-bond acceptors (Lipinski definition) is 3. The van der Waals surface area contributed by atoms with Crippen LogP contribution in [0, 0.1) is 12.8 Å². The number of carboxylic acid groups (broad SMARTS) is 1. The second-order valence-corrected chi connectivity index (χ2v) is 7.47. The summed E-state index contributed by atoms with van der Waals surface area (Å²) < 4.78 is 5.34. The molecule has 28 heavy (non-hydrogen) atoms. The third kappa shape index (κ3) is 4.71. The van der Waals surface area contributed by atoms with Gasteiger partial charge in [-0.15, -0.1) is 0 Å². The van der Waals surface area contributed by atoms with Gasteiger partial charge in [0.05, 0.1) is 19.1 Å². The number of nitrogens with zero attached hydrogens (tertiary/aromatic N) is 1. The molecule has 0 aromatic heterocycles. The zero-order chi connectivity index (χ0) is 20.1. The summed E-state index contributed by atoms with van der Waals surface area (Å²) in [6, 6.07) is 13.1. The Balaban J connectivity index is 1.55. The Bertz CT molecular complexity index is 853. The van der Waals surface area contributed by atoms with Crippen molar-refractivity contribution >= 4 is 11.9 Å². The number of rotatable bonds is 6. The fraction of sp³-hybridized carbons (Fsp3) is 0.391. The summed E-state index contributed by atoms with van der Waals surface area (Å²) in [4.78, 5) is 26.0. The number of likely N-dealkylation sites (tertiary alicyclic amines) is 1. The number of amides is 1. The van der Waals surface area contributed by atoms with Crippen molar-refractivity contribution in [2.24, 2.45) is 5.92 Å². The van der Waals surface area contributed by atoms with Crippen LogP contribution in [0.15, 0.2) is 42.5 Å². The summed E-state index contributed by atoms with van der Waals surface area (Å²) in [7, 11) is 1.64. The van der Waals surface area contributed by atoms with Gasteiger partial charge in [-0.2, -0.15) is 0 Å². The number of methoxy groups -OCH3 is 1. The fourth-order valence-electron chi connectivity index (χ4n) is 3.87. The molecule has 0 atom stereocenters. The minimum Gasteiger partial charge on any atom is -0.496 e. The third-order valence-electron chi connectivity index (χ3n) is 5.55. The first-order valence-electron chi connectivity index (χ1n) is 9.70. The monoisotopic (exact) mass is 381 g/mol. The first-order valence-corrected chi connectivity index (χ1v) is 9.70. The highest BCUT2D eigenvalue weighted by molar-refractivity contribution is 5.89. The number of piperidine rings is 1. The maximum Gasteiger partial charge on any atom is 0.335 e. The SMILES string of the molecule is COc1cc(CC(=O)N2CCC(Cc3ccccc3C(=O)O)CC2)ccc1C. The quantitative estimate of drug-likeness (QED) is 0.828. The van der Waals surface area contributed by atoms with E-state index in [0.29, 0.717) is 17.9 Å². The minimum absolute atomic E-state index is 0.135. The fourth-order valence-corrected chi connectivity index (χ4v) is 3.87. The summed E-state index contributed by atoms with van der Waals surface area (Å²) in [5.41, 5.74) is 3.28. The van der Waals surface area contributed by atoms with Gasteiger partial charge in [0.2, 0.25) is 5.91 Å². The zero-order valence-electron chi connectivity index (χ0n) is 16.5. The van der Waals surface area contributed by atoms with Crippen LogP contribution in [0.5, 0.6) is 5.75 Å². The lowest BCUT2D eigenvalue weighted by Crippen LogP contribution is -2.39. The number of aromatic carboxylic acids is 1. The van der Waals surface area contributed by atoms with Crippen LogP contribution in [0.2, 0.25) is 0 Å². The molecule has 1 aliphatic rings.